The number of carbonyl (C=O) groups excluding carboxylic acids is 1. The quantitative estimate of drug-likeness (QED) is 0.695. The number of likely N-dealkylation sites (tertiary alicyclic amines) is 1. The highest BCUT2D eigenvalue weighted by Gasteiger charge is 2.47. The third-order valence-electron chi connectivity index (χ3n) is 5.89. The standard InChI is InChI=1S/C18H25B2N4O4/c1-10(2)15(13-8-14(20-19)22-27-13)17(26)24-9-11(25)7-12(24)16-21-18(28-23-16)5-3-4-6-18/h8,10-12,15,25H,3-7,9H2,1-2H3,(H,21,23). The monoisotopic (exact) mass is 383 g/mol. The van der Waals surface area contributed by atoms with Gasteiger partial charge in [-0.2, -0.15) is 0 Å². The Kier molecular flexibility index (Phi) is 5.26. The van der Waals surface area contributed by atoms with E-state index >= 15 is 0 Å². The molecule has 10 heteroatoms. The van der Waals surface area contributed by atoms with E-state index in [-0.39, 0.29) is 24.4 Å². The lowest BCUT2D eigenvalue weighted by Gasteiger charge is -2.29. The second kappa shape index (κ2) is 7.55. The van der Waals surface area contributed by atoms with Crippen LogP contribution in [0.3, 0.4) is 0 Å². The summed E-state index contributed by atoms with van der Waals surface area (Å²) >= 11 is 0. The summed E-state index contributed by atoms with van der Waals surface area (Å²) in [4.78, 5) is 25.7. The van der Waals surface area contributed by atoms with Crippen LogP contribution in [0, 0.1) is 5.92 Å². The van der Waals surface area contributed by atoms with E-state index < -0.39 is 17.7 Å². The molecule has 3 atom stereocenters. The van der Waals surface area contributed by atoms with Crippen LogP contribution in [-0.2, 0) is 9.63 Å². The van der Waals surface area contributed by atoms with Gasteiger partial charge in [-0.05, 0) is 37.7 Å². The molecule has 1 amide bonds. The largest absolute Gasteiger partial charge is 0.391 e. The molecular formula is C18H25B2N4O4. The number of β-amino-alcohol motifs (C(OH)–C–C–N with tert-alkyl or cyclic N) is 1. The highest BCUT2D eigenvalue weighted by molar-refractivity contribution is 6.97. The smallest absolute Gasteiger partial charge is 0.234 e. The van der Waals surface area contributed by atoms with Crippen LogP contribution in [0.2, 0.25) is 0 Å². The van der Waals surface area contributed by atoms with Gasteiger partial charge in [0.1, 0.15) is 24.7 Å². The van der Waals surface area contributed by atoms with Gasteiger partial charge < -0.3 is 14.5 Å². The van der Waals surface area contributed by atoms with Gasteiger partial charge in [-0.25, -0.2) is 15.3 Å². The van der Waals surface area contributed by atoms with Gasteiger partial charge in [-0.3, -0.25) is 4.79 Å². The number of hydrogen-bond donors (Lipinski definition) is 2. The summed E-state index contributed by atoms with van der Waals surface area (Å²) in [6.45, 7) is 4.17. The first-order valence-electron chi connectivity index (χ1n) is 9.96. The van der Waals surface area contributed by atoms with Crippen molar-refractivity contribution in [2.24, 2.45) is 10.9 Å². The van der Waals surface area contributed by atoms with Crippen LogP contribution in [-0.4, -0.2) is 66.2 Å². The number of nitrogens with one attached hydrogen (secondary N) is 1. The fourth-order valence-electron chi connectivity index (χ4n) is 4.46. The Morgan fingerprint density at radius 1 is 1.46 bits per heavy atom. The SMILES string of the molecule is [B][B]c1cc(C(C(=O)N2CC(O)CC2C2=NC3(CCCC3)ON2)C(C)C)on1. The van der Waals surface area contributed by atoms with Crippen molar-refractivity contribution in [3.8, 4) is 0 Å². The number of rotatable bonds is 5. The van der Waals surface area contributed by atoms with Crippen LogP contribution < -0.4 is 11.1 Å². The number of hydrogen-bond acceptors (Lipinski definition) is 7. The summed E-state index contributed by atoms with van der Waals surface area (Å²) < 4.78 is 5.38. The molecule has 2 N–H and O–H groups in total. The molecule has 1 saturated heterocycles. The molecule has 1 aromatic heterocycles. The molecule has 1 spiro atoms. The third kappa shape index (κ3) is 3.48. The molecule has 8 nitrogen and oxygen atoms in total. The molecular weight excluding hydrogens is 358 g/mol. The number of amidine groups is 1. The number of hydroxylamine groups is 1. The van der Waals surface area contributed by atoms with Gasteiger partial charge in [0, 0.05) is 26.3 Å². The third-order valence-corrected chi connectivity index (χ3v) is 5.89. The number of amides is 1. The Labute approximate surface area is 166 Å². The Hall–Kier alpha value is -1.80. The maximum atomic E-state index is 13.5. The second-order valence-corrected chi connectivity index (χ2v) is 8.29. The van der Waals surface area contributed by atoms with Crippen molar-refractivity contribution in [1.82, 2.24) is 15.5 Å². The van der Waals surface area contributed by atoms with Crippen molar-refractivity contribution in [3.05, 3.63) is 11.8 Å². The summed E-state index contributed by atoms with van der Waals surface area (Å²) in [6, 6.07) is 1.35. The second-order valence-electron chi connectivity index (χ2n) is 8.29. The molecule has 3 heterocycles. The molecule has 2 aliphatic heterocycles. The zero-order valence-corrected chi connectivity index (χ0v) is 16.3. The van der Waals surface area contributed by atoms with E-state index in [9.17, 15) is 9.90 Å². The Balaban J connectivity index is 1.59. The van der Waals surface area contributed by atoms with Crippen molar-refractivity contribution in [2.75, 3.05) is 6.54 Å². The molecule has 4 rings (SSSR count). The van der Waals surface area contributed by atoms with Gasteiger partial charge in [0.05, 0.1) is 12.1 Å². The predicted molar refractivity (Wildman–Crippen MR) is 104 cm³/mol. The lowest BCUT2D eigenvalue weighted by Crippen LogP contribution is -2.46. The van der Waals surface area contributed by atoms with Crippen molar-refractivity contribution < 1.29 is 19.3 Å². The Morgan fingerprint density at radius 3 is 2.86 bits per heavy atom. The summed E-state index contributed by atoms with van der Waals surface area (Å²) in [7, 11) is 6.84. The average molecular weight is 383 g/mol. The number of aliphatic hydroxyl groups excluding tert-OH is 1. The molecule has 1 saturated carbocycles. The van der Waals surface area contributed by atoms with Crippen LogP contribution in [0.1, 0.15) is 57.6 Å². The average Bonchev–Trinajstić information content (AvgIpc) is 3.43. The van der Waals surface area contributed by atoms with E-state index in [1.807, 2.05) is 13.8 Å². The van der Waals surface area contributed by atoms with Gasteiger partial charge in [-0.1, -0.05) is 19.0 Å². The van der Waals surface area contributed by atoms with Crippen molar-refractivity contribution >= 4 is 32.2 Å². The van der Waals surface area contributed by atoms with E-state index in [4.69, 9.17) is 22.1 Å². The summed E-state index contributed by atoms with van der Waals surface area (Å²) in [5.74, 6) is 0.454. The number of carbonyl (C=O) groups is 1. The molecule has 0 aromatic carbocycles. The van der Waals surface area contributed by atoms with Gasteiger partial charge >= 0.3 is 0 Å². The molecule has 3 unspecified atom stereocenters. The van der Waals surface area contributed by atoms with E-state index in [0.717, 1.165) is 25.7 Å². The van der Waals surface area contributed by atoms with Gasteiger partial charge in [0.15, 0.2) is 5.72 Å². The molecule has 147 valence electrons. The first kappa shape index (κ1) is 19.5. The van der Waals surface area contributed by atoms with Crippen LogP contribution in [0.4, 0.5) is 0 Å². The summed E-state index contributed by atoms with van der Waals surface area (Å²) in [5.41, 5.74) is 2.93. The lowest BCUT2D eigenvalue weighted by atomic mass is 9.53. The first-order valence-corrected chi connectivity index (χ1v) is 9.96. The van der Waals surface area contributed by atoms with Gasteiger partial charge in [-0.15, -0.1) is 0 Å². The first-order chi connectivity index (χ1) is 13.4. The molecule has 1 aliphatic carbocycles. The van der Waals surface area contributed by atoms with Gasteiger partial charge in [0.2, 0.25) is 5.91 Å². The van der Waals surface area contributed by atoms with E-state index in [1.165, 1.54) is 7.17 Å². The maximum absolute atomic E-state index is 13.5. The fraction of sp³-hybridized carbons (Fsp3) is 0.722. The molecule has 2 fully saturated rings. The highest BCUT2D eigenvalue weighted by Crippen LogP contribution is 2.38. The normalized spacial score (nSPS) is 27.3. The number of nitrogens with zero attached hydrogens (tertiary/aromatic N) is 3. The zero-order valence-electron chi connectivity index (χ0n) is 16.3. The van der Waals surface area contributed by atoms with Crippen molar-refractivity contribution in [3.63, 3.8) is 0 Å². The summed E-state index contributed by atoms with van der Waals surface area (Å²) in [5, 5.41) is 14.2. The Morgan fingerprint density at radius 2 is 2.21 bits per heavy atom. The number of aliphatic hydroxyl groups is 1. The minimum atomic E-state index is -0.603. The van der Waals surface area contributed by atoms with Crippen molar-refractivity contribution in [2.45, 2.75) is 69.7 Å². The van der Waals surface area contributed by atoms with Crippen LogP contribution in [0.5, 0.6) is 0 Å². The Bertz CT molecular complexity index is 763. The van der Waals surface area contributed by atoms with Crippen molar-refractivity contribution in [1.29, 1.82) is 0 Å². The van der Waals surface area contributed by atoms with E-state index in [2.05, 4.69) is 10.6 Å². The number of aliphatic imine (C=N–C) groups is 1. The minimum Gasteiger partial charge on any atom is -0.391 e. The molecule has 3 aliphatic rings. The lowest BCUT2D eigenvalue weighted by molar-refractivity contribution is -0.134. The highest BCUT2D eigenvalue weighted by atomic mass is 16.7. The maximum Gasteiger partial charge on any atom is 0.234 e. The molecule has 1 aromatic rings. The van der Waals surface area contributed by atoms with E-state index in [1.54, 1.807) is 11.0 Å². The van der Waals surface area contributed by atoms with E-state index in [0.29, 0.717) is 23.6 Å². The van der Waals surface area contributed by atoms with Crippen LogP contribution in [0.15, 0.2) is 15.6 Å². The minimum absolute atomic E-state index is 0.0135. The molecule has 28 heavy (non-hydrogen) atoms. The summed E-state index contributed by atoms with van der Waals surface area (Å²) in [6.07, 6.45) is 3.73. The molecule has 0 bridgehead atoms. The topological polar surface area (TPSA) is 100 Å². The van der Waals surface area contributed by atoms with Crippen LogP contribution in [0.25, 0.3) is 0 Å². The molecule has 3 radical (unpaired) electrons. The fourth-order valence-corrected chi connectivity index (χ4v) is 4.46. The van der Waals surface area contributed by atoms with Crippen LogP contribution >= 0.6 is 0 Å². The zero-order chi connectivity index (χ0) is 19.9. The predicted octanol–water partition coefficient (Wildman–Crippen LogP) is -0.00740. The van der Waals surface area contributed by atoms with Gasteiger partial charge in [0.25, 0.3) is 0 Å². The number of aromatic nitrogens is 1.